The number of rotatable bonds is 6. The van der Waals surface area contributed by atoms with Crippen LogP contribution in [-0.4, -0.2) is 32.6 Å². The van der Waals surface area contributed by atoms with Crippen LogP contribution in [0.25, 0.3) is 0 Å². The lowest BCUT2D eigenvalue weighted by Crippen LogP contribution is -2.49. The van der Waals surface area contributed by atoms with Crippen LogP contribution >= 0.6 is 15.9 Å². The van der Waals surface area contributed by atoms with Crippen LogP contribution in [0, 0.1) is 5.92 Å². The smallest absolute Gasteiger partial charge is 0.270 e. The number of carbonyl (C=O) groups is 2. The van der Waals surface area contributed by atoms with Crippen molar-refractivity contribution in [1.82, 2.24) is 20.1 Å². The molecule has 2 amide bonds. The molecule has 2 aromatic heterocycles. The summed E-state index contributed by atoms with van der Waals surface area (Å²) in [6.45, 7) is 3.93. The molecule has 1 aliphatic rings. The molecule has 1 atom stereocenters. The monoisotopic (exact) mass is 447 g/mol. The van der Waals surface area contributed by atoms with Crippen LogP contribution in [0.1, 0.15) is 62.5 Å². The van der Waals surface area contributed by atoms with Gasteiger partial charge in [-0.25, -0.2) is 4.98 Å². The molecule has 0 aliphatic heterocycles. The van der Waals surface area contributed by atoms with Gasteiger partial charge in [-0.05, 0) is 66.7 Å². The second-order valence-electron chi connectivity index (χ2n) is 7.45. The van der Waals surface area contributed by atoms with Gasteiger partial charge in [0.2, 0.25) is 5.91 Å². The summed E-state index contributed by atoms with van der Waals surface area (Å²) in [5, 5.41) is 10.0. The maximum atomic E-state index is 13.0. The minimum absolute atomic E-state index is 0.0599. The summed E-state index contributed by atoms with van der Waals surface area (Å²) in [5.41, 5.74) is 0.463. The second-order valence-corrected chi connectivity index (χ2v) is 8.37. The largest absolute Gasteiger partial charge is 0.339 e. The van der Waals surface area contributed by atoms with E-state index in [9.17, 15) is 9.59 Å². The summed E-state index contributed by atoms with van der Waals surface area (Å²) in [5.74, 6) is 0.0745. The predicted molar refractivity (Wildman–Crippen MR) is 111 cm³/mol. The van der Waals surface area contributed by atoms with E-state index in [4.69, 9.17) is 0 Å². The Balaban J connectivity index is 1.78. The summed E-state index contributed by atoms with van der Waals surface area (Å²) < 4.78 is 2.51. The van der Waals surface area contributed by atoms with E-state index in [2.05, 4.69) is 36.6 Å². The molecule has 3 rings (SSSR count). The van der Waals surface area contributed by atoms with Gasteiger partial charge in [0.25, 0.3) is 5.91 Å². The lowest BCUT2D eigenvalue weighted by molar-refractivity contribution is -0.119. The number of anilines is 1. The van der Waals surface area contributed by atoms with Crippen LogP contribution in [0.2, 0.25) is 0 Å². The van der Waals surface area contributed by atoms with Crippen molar-refractivity contribution in [1.29, 1.82) is 0 Å². The van der Waals surface area contributed by atoms with Crippen molar-refractivity contribution in [2.45, 2.75) is 58.0 Å². The van der Waals surface area contributed by atoms with Gasteiger partial charge in [-0.1, -0.05) is 19.3 Å². The number of halogens is 1. The zero-order valence-electron chi connectivity index (χ0n) is 16.2. The molecule has 28 heavy (non-hydrogen) atoms. The van der Waals surface area contributed by atoms with Crippen molar-refractivity contribution in [3.05, 3.63) is 40.8 Å². The van der Waals surface area contributed by atoms with Crippen LogP contribution in [0.15, 0.2) is 35.1 Å². The number of pyridine rings is 1. The molecule has 150 valence electrons. The quantitative estimate of drug-likeness (QED) is 0.701. The first kappa shape index (κ1) is 20.5. The molecule has 0 spiro atoms. The van der Waals surface area contributed by atoms with Crippen LogP contribution in [0.3, 0.4) is 0 Å². The van der Waals surface area contributed by atoms with E-state index in [-0.39, 0.29) is 23.8 Å². The number of nitrogens with one attached hydrogen (secondary N) is 2. The molecule has 8 heteroatoms. The maximum absolute atomic E-state index is 13.0. The second kappa shape index (κ2) is 9.32. The fourth-order valence-electron chi connectivity index (χ4n) is 3.64. The van der Waals surface area contributed by atoms with Gasteiger partial charge in [0.15, 0.2) is 0 Å². The molecule has 0 radical (unpaired) electrons. The molecule has 1 aliphatic carbocycles. The van der Waals surface area contributed by atoms with Crippen molar-refractivity contribution < 1.29 is 9.59 Å². The summed E-state index contributed by atoms with van der Waals surface area (Å²) >= 11 is 3.34. The minimum atomic E-state index is -0.603. The van der Waals surface area contributed by atoms with Gasteiger partial charge in [0, 0.05) is 22.9 Å². The summed E-state index contributed by atoms with van der Waals surface area (Å²) in [4.78, 5) is 30.1. The highest BCUT2D eigenvalue weighted by atomic mass is 79.9. The van der Waals surface area contributed by atoms with Crippen molar-refractivity contribution in [2.75, 3.05) is 5.32 Å². The Morgan fingerprint density at radius 1 is 1.18 bits per heavy atom. The molecule has 1 fully saturated rings. The fraction of sp³-hybridized carbons (Fsp3) is 0.500. The molecular formula is C20H26BrN5O2. The predicted octanol–water partition coefficient (Wildman–Crippen LogP) is 3.94. The molecule has 2 heterocycles. The van der Waals surface area contributed by atoms with E-state index in [1.807, 2.05) is 19.9 Å². The molecule has 1 saturated carbocycles. The number of aromatic nitrogens is 3. The van der Waals surface area contributed by atoms with Gasteiger partial charge < -0.3 is 10.6 Å². The molecule has 0 saturated heterocycles. The number of nitrogens with zero attached hydrogens (tertiary/aromatic N) is 3. The number of hydrogen-bond donors (Lipinski definition) is 2. The first-order valence-electron chi connectivity index (χ1n) is 9.72. The highest BCUT2D eigenvalue weighted by Crippen LogP contribution is 2.27. The summed E-state index contributed by atoms with van der Waals surface area (Å²) in [6.07, 6.45) is 8.41. The molecule has 0 bridgehead atoms. The Morgan fingerprint density at radius 2 is 1.93 bits per heavy atom. The lowest BCUT2D eigenvalue weighted by atomic mass is 9.83. The van der Waals surface area contributed by atoms with Crippen molar-refractivity contribution in [3.8, 4) is 0 Å². The standard InChI is InChI=1S/C20H26BrN5O2/c1-13(2)26-16(10-11-23-26)19(27)25-18(14-6-4-3-5-7-14)20(28)24-17-9-8-15(21)12-22-17/h8-14,18H,3-7H2,1-2H3,(H,25,27)(H,22,24,28)/t18-/m0/s1. The first-order valence-corrected chi connectivity index (χ1v) is 10.5. The highest BCUT2D eigenvalue weighted by molar-refractivity contribution is 9.10. The van der Waals surface area contributed by atoms with Crippen LogP contribution < -0.4 is 10.6 Å². The van der Waals surface area contributed by atoms with Crippen molar-refractivity contribution >= 4 is 33.6 Å². The Kier molecular flexibility index (Phi) is 6.83. The zero-order chi connectivity index (χ0) is 20.1. The van der Waals surface area contributed by atoms with E-state index in [0.29, 0.717) is 11.5 Å². The van der Waals surface area contributed by atoms with Crippen LogP contribution in [-0.2, 0) is 4.79 Å². The SMILES string of the molecule is CC(C)n1nccc1C(=O)N[C@H](C(=O)Nc1ccc(Br)cn1)C1CCCCC1. The Bertz CT molecular complexity index is 812. The average Bonchev–Trinajstić information content (AvgIpc) is 3.19. The van der Waals surface area contributed by atoms with Gasteiger partial charge in [0.05, 0.1) is 0 Å². The fourth-order valence-corrected chi connectivity index (χ4v) is 3.87. The third-order valence-electron chi connectivity index (χ3n) is 5.06. The van der Waals surface area contributed by atoms with E-state index in [0.717, 1.165) is 30.2 Å². The van der Waals surface area contributed by atoms with Gasteiger partial charge in [-0.2, -0.15) is 5.10 Å². The summed E-state index contributed by atoms with van der Waals surface area (Å²) in [6, 6.07) is 4.69. The van der Waals surface area contributed by atoms with Crippen molar-refractivity contribution in [3.63, 3.8) is 0 Å². The normalized spacial score (nSPS) is 16.0. The molecule has 0 aromatic carbocycles. The topological polar surface area (TPSA) is 88.9 Å². The first-order chi connectivity index (χ1) is 13.5. The Labute approximate surface area is 173 Å². The number of amides is 2. The molecule has 2 N–H and O–H groups in total. The molecular weight excluding hydrogens is 422 g/mol. The lowest BCUT2D eigenvalue weighted by Gasteiger charge is -2.30. The van der Waals surface area contributed by atoms with Crippen LogP contribution in [0.5, 0.6) is 0 Å². The zero-order valence-corrected chi connectivity index (χ0v) is 17.8. The van der Waals surface area contributed by atoms with Crippen LogP contribution in [0.4, 0.5) is 5.82 Å². The van der Waals surface area contributed by atoms with E-state index in [1.165, 1.54) is 6.42 Å². The van der Waals surface area contributed by atoms with E-state index < -0.39 is 6.04 Å². The van der Waals surface area contributed by atoms with Gasteiger partial charge >= 0.3 is 0 Å². The molecule has 2 aromatic rings. The third kappa shape index (κ3) is 4.98. The van der Waals surface area contributed by atoms with Gasteiger partial charge in [-0.3, -0.25) is 14.3 Å². The van der Waals surface area contributed by atoms with E-state index >= 15 is 0 Å². The third-order valence-corrected chi connectivity index (χ3v) is 5.53. The van der Waals surface area contributed by atoms with Crippen molar-refractivity contribution in [2.24, 2.45) is 5.92 Å². The Morgan fingerprint density at radius 3 is 2.57 bits per heavy atom. The molecule has 7 nitrogen and oxygen atoms in total. The number of carbonyl (C=O) groups excluding carboxylic acids is 2. The number of hydrogen-bond acceptors (Lipinski definition) is 4. The van der Waals surface area contributed by atoms with Gasteiger partial charge in [0.1, 0.15) is 17.6 Å². The Hall–Kier alpha value is -2.22. The minimum Gasteiger partial charge on any atom is -0.339 e. The summed E-state index contributed by atoms with van der Waals surface area (Å²) in [7, 11) is 0. The molecule has 0 unspecified atom stereocenters. The average molecular weight is 448 g/mol. The highest BCUT2D eigenvalue weighted by Gasteiger charge is 2.32. The maximum Gasteiger partial charge on any atom is 0.270 e. The van der Waals surface area contributed by atoms with E-state index in [1.54, 1.807) is 29.2 Å². The van der Waals surface area contributed by atoms with Gasteiger partial charge in [-0.15, -0.1) is 0 Å².